The number of rotatable bonds is 5. The Balaban J connectivity index is 0.000000396. The number of piperidine rings is 1. The molecule has 2 aliphatic rings. The second-order valence-electron chi connectivity index (χ2n) is 7.14. The number of carbonyl (C=O) groups is 2. The average molecular weight is 434 g/mol. The van der Waals surface area contributed by atoms with Crippen molar-refractivity contribution in [2.45, 2.75) is 43.8 Å². The van der Waals surface area contributed by atoms with E-state index in [0.717, 1.165) is 31.4 Å². The fourth-order valence-electron chi connectivity index (χ4n) is 3.41. The number of nitrogens with zero attached hydrogens (tertiary/aromatic N) is 2. The molecule has 1 amide bonds. The maximum absolute atomic E-state index is 12.0. The number of halogens is 3. The summed E-state index contributed by atoms with van der Waals surface area (Å²) in [6.07, 6.45) is 1.33. The highest BCUT2D eigenvalue weighted by molar-refractivity contribution is 5.77. The Morgan fingerprint density at radius 3 is 2.63 bits per heavy atom. The fraction of sp³-hybridized carbons (Fsp3) is 0.632. The van der Waals surface area contributed by atoms with E-state index < -0.39 is 12.1 Å². The Kier molecular flexibility index (Phi) is 8.56. The molecular formula is C19H25F3N2O6. The standard InChI is InChI=1S/C17H24N2O4.C2HF3O2/c1-21-12-16(20)19-8-2-5-17(13-19)9-15(11-23-17)22-10-14-3-6-18-7-4-14;3-2(4,5)1(6)7/h3-4,6-7,15H,2,5,8-13H2,1H3;(H,6,7)/t15-,17-;/m0./s1. The van der Waals surface area contributed by atoms with Crippen molar-refractivity contribution in [3.8, 4) is 0 Å². The van der Waals surface area contributed by atoms with Gasteiger partial charge in [0.1, 0.15) is 6.61 Å². The number of likely N-dealkylation sites (tertiary alicyclic amines) is 1. The average Bonchev–Trinajstić information content (AvgIpc) is 3.09. The Morgan fingerprint density at radius 1 is 1.37 bits per heavy atom. The number of aromatic nitrogens is 1. The van der Waals surface area contributed by atoms with E-state index in [1.54, 1.807) is 19.5 Å². The van der Waals surface area contributed by atoms with Crippen LogP contribution in [0.4, 0.5) is 13.2 Å². The van der Waals surface area contributed by atoms with Gasteiger partial charge in [0.2, 0.25) is 5.91 Å². The monoisotopic (exact) mass is 434 g/mol. The van der Waals surface area contributed by atoms with Crippen LogP contribution in [0.1, 0.15) is 24.8 Å². The molecule has 1 spiro atoms. The van der Waals surface area contributed by atoms with Crippen LogP contribution in [0.3, 0.4) is 0 Å². The highest BCUT2D eigenvalue weighted by atomic mass is 19.4. The number of hydrogen-bond acceptors (Lipinski definition) is 6. The van der Waals surface area contributed by atoms with Crippen molar-refractivity contribution in [3.63, 3.8) is 0 Å². The second-order valence-corrected chi connectivity index (χ2v) is 7.14. The predicted octanol–water partition coefficient (Wildman–Crippen LogP) is 2.03. The molecular weight excluding hydrogens is 409 g/mol. The largest absolute Gasteiger partial charge is 0.490 e. The highest BCUT2D eigenvalue weighted by Gasteiger charge is 2.44. The van der Waals surface area contributed by atoms with Crippen molar-refractivity contribution in [2.24, 2.45) is 0 Å². The van der Waals surface area contributed by atoms with Crippen LogP contribution >= 0.6 is 0 Å². The SMILES string of the molecule is COCC(=O)N1CCC[C@]2(C[C@H](OCc3ccncc3)CO2)C1.O=C(O)C(F)(F)F. The summed E-state index contributed by atoms with van der Waals surface area (Å²) in [5.74, 6) is -2.72. The lowest BCUT2D eigenvalue weighted by Gasteiger charge is -2.39. The van der Waals surface area contributed by atoms with Crippen molar-refractivity contribution in [3.05, 3.63) is 30.1 Å². The maximum atomic E-state index is 12.0. The van der Waals surface area contributed by atoms with E-state index in [2.05, 4.69) is 4.98 Å². The Hall–Kier alpha value is -2.24. The minimum absolute atomic E-state index is 0.0383. The molecule has 168 valence electrons. The molecule has 2 aliphatic heterocycles. The summed E-state index contributed by atoms with van der Waals surface area (Å²) >= 11 is 0. The Morgan fingerprint density at radius 2 is 2.03 bits per heavy atom. The number of hydrogen-bond donors (Lipinski definition) is 1. The number of carboxylic acid groups (broad SMARTS) is 1. The van der Waals surface area contributed by atoms with E-state index in [9.17, 15) is 18.0 Å². The van der Waals surface area contributed by atoms with Crippen LogP contribution in [-0.4, -0.2) is 78.2 Å². The van der Waals surface area contributed by atoms with Gasteiger partial charge in [-0.15, -0.1) is 0 Å². The molecule has 1 aromatic rings. The van der Waals surface area contributed by atoms with E-state index in [4.69, 9.17) is 24.1 Å². The molecule has 0 bridgehead atoms. The molecule has 0 radical (unpaired) electrons. The number of methoxy groups -OCH3 is 1. The minimum Gasteiger partial charge on any atom is -0.475 e. The third-order valence-electron chi connectivity index (χ3n) is 4.81. The molecule has 0 aliphatic carbocycles. The van der Waals surface area contributed by atoms with Crippen molar-refractivity contribution in [1.82, 2.24) is 9.88 Å². The summed E-state index contributed by atoms with van der Waals surface area (Å²) in [6.45, 7) is 2.73. The van der Waals surface area contributed by atoms with E-state index in [1.165, 1.54) is 0 Å². The molecule has 1 N–H and O–H groups in total. The maximum Gasteiger partial charge on any atom is 0.490 e. The van der Waals surface area contributed by atoms with Crippen LogP contribution in [0.2, 0.25) is 0 Å². The summed E-state index contributed by atoms with van der Waals surface area (Å²) in [4.78, 5) is 26.8. The summed E-state index contributed by atoms with van der Waals surface area (Å²) in [5, 5.41) is 7.12. The number of alkyl halides is 3. The smallest absolute Gasteiger partial charge is 0.475 e. The Labute approximate surface area is 171 Å². The van der Waals surface area contributed by atoms with E-state index in [-0.39, 0.29) is 24.2 Å². The van der Waals surface area contributed by atoms with Gasteiger partial charge in [-0.25, -0.2) is 4.79 Å². The van der Waals surface area contributed by atoms with Crippen molar-refractivity contribution in [2.75, 3.05) is 33.4 Å². The van der Waals surface area contributed by atoms with Gasteiger partial charge in [0, 0.05) is 39.0 Å². The van der Waals surface area contributed by atoms with E-state index in [1.807, 2.05) is 17.0 Å². The normalized spacial score (nSPS) is 23.7. The molecule has 30 heavy (non-hydrogen) atoms. The van der Waals surface area contributed by atoms with Crippen molar-refractivity contribution >= 4 is 11.9 Å². The predicted molar refractivity (Wildman–Crippen MR) is 97.5 cm³/mol. The van der Waals surface area contributed by atoms with Gasteiger partial charge in [0.05, 0.1) is 24.9 Å². The zero-order valence-corrected chi connectivity index (χ0v) is 16.6. The molecule has 3 rings (SSSR count). The van der Waals surface area contributed by atoms with Crippen LogP contribution in [0, 0.1) is 0 Å². The van der Waals surface area contributed by atoms with Gasteiger partial charge < -0.3 is 24.2 Å². The summed E-state index contributed by atoms with van der Waals surface area (Å²) < 4.78 is 48.7. The summed E-state index contributed by atoms with van der Waals surface area (Å²) in [5.41, 5.74) is 0.867. The lowest BCUT2D eigenvalue weighted by molar-refractivity contribution is -0.192. The first-order valence-electron chi connectivity index (χ1n) is 9.36. The molecule has 0 aromatic carbocycles. The molecule has 3 heterocycles. The van der Waals surface area contributed by atoms with Gasteiger partial charge in [-0.3, -0.25) is 9.78 Å². The first-order valence-corrected chi connectivity index (χ1v) is 9.36. The number of ether oxygens (including phenoxy) is 3. The van der Waals surface area contributed by atoms with Crippen molar-refractivity contribution in [1.29, 1.82) is 0 Å². The van der Waals surface area contributed by atoms with E-state index >= 15 is 0 Å². The lowest BCUT2D eigenvalue weighted by atomic mass is 9.89. The van der Waals surface area contributed by atoms with Crippen molar-refractivity contribution < 1.29 is 42.1 Å². The number of aliphatic carboxylic acids is 1. The van der Waals surface area contributed by atoms with Gasteiger partial charge in [-0.05, 0) is 30.5 Å². The number of amides is 1. The first kappa shape index (κ1) is 24.0. The molecule has 0 unspecified atom stereocenters. The number of pyridine rings is 1. The zero-order valence-electron chi connectivity index (χ0n) is 16.6. The second kappa shape index (κ2) is 10.7. The van der Waals surface area contributed by atoms with Crippen LogP contribution < -0.4 is 0 Å². The van der Waals surface area contributed by atoms with Gasteiger partial charge >= 0.3 is 12.1 Å². The third kappa shape index (κ3) is 7.22. The minimum atomic E-state index is -5.08. The molecule has 2 atom stereocenters. The fourth-order valence-corrected chi connectivity index (χ4v) is 3.41. The highest BCUT2D eigenvalue weighted by Crippen LogP contribution is 2.36. The van der Waals surface area contributed by atoms with Gasteiger partial charge in [0.15, 0.2) is 0 Å². The Bertz CT molecular complexity index is 703. The molecule has 11 heteroatoms. The van der Waals surface area contributed by atoms with Gasteiger partial charge in [-0.1, -0.05) is 0 Å². The summed E-state index contributed by atoms with van der Waals surface area (Å²) in [6, 6.07) is 3.91. The number of carboxylic acids is 1. The van der Waals surface area contributed by atoms with Crippen LogP contribution in [-0.2, 0) is 30.4 Å². The quantitative estimate of drug-likeness (QED) is 0.757. The van der Waals surface area contributed by atoms with Crippen LogP contribution in [0.25, 0.3) is 0 Å². The van der Waals surface area contributed by atoms with Gasteiger partial charge in [-0.2, -0.15) is 13.2 Å². The molecule has 2 saturated heterocycles. The van der Waals surface area contributed by atoms with Crippen LogP contribution in [0.5, 0.6) is 0 Å². The molecule has 0 saturated carbocycles. The molecule has 2 fully saturated rings. The third-order valence-corrected chi connectivity index (χ3v) is 4.81. The van der Waals surface area contributed by atoms with E-state index in [0.29, 0.717) is 19.8 Å². The lowest BCUT2D eigenvalue weighted by Crippen LogP contribution is -2.51. The first-order chi connectivity index (χ1) is 14.1. The van der Waals surface area contributed by atoms with Gasteiger partial charge in [0.25, 0.3) is 0 Å². The molecule has 1 aromatic heterocycles. The van der Waals surface area contributed by atoms with Crippen LogP contribution in [0.15, 0.2) is 24.5 Å². The zero-order chi connectivity index (χ0) is 22.2. The summed E-state index contributed by atoms with van der Waals surface area (Å²) in [7, 11) is 1.55. The number of carbonyl (C=O) groups excluding carboxylic acids is 1. The topological polar surface area (TPSA) is 98.2 Å². The molecule has 8 nitrogen and oxygen atoms in total.